The third-order valence-corrected chi connectivity index (χ3v) is 2.70. The molecule has 0 radical (unpaired) electrons. The first-order valence-electron chi connectivity index (χ1n) is 6.95. The standard InChI is InChI=1S/C15H21N3O2/c1-4-19-13-7-5-6-12(8-13)15-17-14(20-18-15)10-16-9-11(2)3/h5-8,11,16H,4,9-10H2,1-3H3. The zero-order chi connectivity index (χ0) is 14.4. The fourth-order valence-electron chi connectivity index (χ4n) is 1.80. The Kier molecular flexibility index (Phi) is 5.12. The molecule has 0 spiro atoms. The molecule has 0 fully saturated rings. The number of aromatic nitrogens is 2. The average molecular weight is 275 g/mol. The van der Waals surface area contributed by atoms with E-state index in [0.29, 0.717) is 30.8 Å². The number of nitrogens with zero attached hydrogens (tertiary/aromatic N) is 2. The molecule has 0 aliphatic rings. The first-order chi connectivity index (χ1) is 9.69. The van der Waals surface area contributed by atoms with Crippen molar-refractivity contribution in [3.8, 4) is 17.1 Å². The molecule has 108 valence electrons. The van der Waals surface area contributed by atoms with Crippen molar-refractivity contribution in [3.05, 3.63) is 30.2 Å². The monoisotopic (exact) mass is 275 g/mol. The van der Waals surface area contributed by atoms with Crippen molar-refractivity contribution in [2.75, 3.05) is 13.2 Å². The molecule has 2 aromatic rings. The molecule has 0 amide bonds. The van der Waals surface area contributed by atoms with E-state index in [4.69, 9.17) is 9.26 Å². The summed E-state index contributed by atoms with van der Waals surface area (Å²) in [7, 11) is 0. The van der Waals surface area contributed by atoms with Crippen LogP contribution < -0.4 is 10.1 Å². The van der Waals surface area contributed by atoms with E-state index in [2.05, 4.69) is 29.3 Å². The van der Waals surface area contributed by atoms with Gasteiger partial charge >= 0.3 is 0 Å². The van der Waals surface area contributed by atoms with E-state index in [1.807, 2.05) is 31.2 Å². The summed E-state index contributed by atoms with van der Waals surface area (Å²) in [5.74, 6) is 2.60. The second kappa shape index (κ2) is 7.05. The van der Waals surface area contributed by atoms with Gasteiger partial charge < -0.3 is 14.6 Å². The third-order valence-electron chi connectivity index (χ3n) is 2.70. The zero-order valence-electron chi connectivity index (χ0n) is 12.2. The Balaban J connectivity index is 2.02. The van der Waals surface area contributed by atoms with E-state index in [-0.39, 0.29) is 0 Å². The van der Waals surface area contributed by atoms with Crippen LogP contribution in [0.15, 0.2) is 28.8 Å². The highest BCUT2D eigenvalue weighted by molar-refractivity contribution is 5.56. The molecule has 0 aliphatic carbocycles. The van der Waals surface area contributed by atoms with Gasteiger partial charge in [0.1, 0.15) is 5.75 Å². The van der Waals surface area contributed by atoms with Crippen molar-refractivity contribution in [3.63, 3.8) is 0 Å². The van der Waals surface area contributed by atoms with Crippen molar-refractivity contribution >= 4 is 0 Å². The van der Waals surface area contributed by atoms with Gasteiger partial charge in [0, 0.05) is 5.56 Å². The minimum atomic E-state index is 0.591. The number of ether oxygens (including phenoxy) is 1. The van der Waals surface area contributed by atoms with Gasteiger partial charge in [-0.05, 0) is 31.5 Å². The molecule has 20 heavy (non-hydrogen) atoms. The van der Waals surface area contributed by atoms with Crippen LogP contribution in [0.25, 0.3) is 11.4 Å². The molecule has 1 aromatic carbocycles. The molecule has 0 bridgehead atoms. The van der Waals surface area contributed by atoms with Gasteiger partial charge in [0.15, 0.2) is 0 Å². The van der Waals surface area contributed by atoms with Crippen molar-refractivity contribution < 1.29 is 9.26 Å². The van der Waals surface area contributed by atoms with Crippen molar-refractivity contribution in [1.82, 2.24) is 15.5 Å². The molecule has 1 N–H and O–H groups in total. The van der Waals surface area contributed by atoms with E-state index in [1.165, 1.54) is 0 Å². The molecule has 2 rings (SSSR count). The number of hydrogen-bond acceptors (Lipinski definition) is 5. The van der Waals surface area contributed by atoms with Crippen LogP contribution in [-0.4, -0.2) is 23.3 Å². The summed E-state index contributed by atoms with van der Waals surface area (Å²) in [6.45, 7) is 8.43. The Morgan fingerprint density at radius 3 is 2.95 bits per heavy atom. The SMILES string of the molecule is CCOc1cccc(-c2noc(CNCC(C)C)n2)c1. The topological polar surface area (TPSA) is 60.2 Å². The van der Waals surface area contributed by atoms with Gasteiger partial charge in [0.2, 0.25) is 11.7 Å². The quantitative estimate of drug-likeness (QED) is 0.842. The van der Waals surface area contributed by atoms with Crippen LogP contribution in [0.1, 0.15) is 26.7 Å². The zero-order valence-corrected chi connectivity index (χ0v) is 12.2. The molecular formula is C15H21N3O2. The largest absolute Gasteiger partial charge is 0.494 e. The van der Waals surface area contributed by atoms with Gasteiger partial charge in [0.05, 0.1) is 13.2 Å². The summed E-state index contributed by atoms with van der Waals surface area (Å²) in [6, 6.07) is 7.70. The Bertz CT molecular complexity index is 537. The number of rotatable bonds is 7. The summed E-state index contributed by atoms with van der Waals surface area (Å²) >= 11 is 0. The lowest BCUT2D eigenvalue weighted by Gasteiger charge is -2.03. The van der Waals surface area contributed by atoms with Crippen LogP contribution >= 0.6 is 0 Å². The van der Waals surface area contributed by atoms with Crippen molar-refractivity contribution in [2.45, 2.75) is 27.3 Å². The summed E-state index contributed by atoms with van der Waals surface area (Å²) in [5, 5.41) is 7.28. The van der Waals surface area contributed by atoms with Crippen LogP contribution in [0, 0.1) is 5.92 Å². The van der Waals surface area contributed by atoms with Crippen LogP contribution in [0.3, 0.4) is 0 Å². The third kappa shape index (κ3) is 4.06. The lowest BCUT2D eigenvalue weighted by Crippen LogP contribution is -2.19. The second-order valence-electron chi connectivity index (χ2n) is 5.00. The average Bonchev–Trinajstić information content (AvgIpc) is 2.88. The molecule has 0 saturated heterocycles. The van der Waals surface area contributed by atoms with E-state index >= 15 is 0 Å². The maximum absolute atomic E-state index is 5.47. The van der Waals surface area contributed by atoms with E-state index in [1.54, 1.807) is 0 Å². The molecule has 5 nitrogen and oxygen atoms in total. The number of benzene rings is 1. The summed E-state index contributed by atoms with van der Waals surface area (Å²) < 4.78 is 10.7. The summed E-state index contributed by atoms with van der Waals surface area (Å²) in [5.41, 5.74) is 0.898. The lowest BCUT2D eigenvalue weighted by molar-refractivity contribution is 0.340. The highest BCUT2D eigenvalue weighted by Gasteiger charge is 2.09. The Morgan fingerprint density at radius 2 is 2.20 bits per heavy atom. The smallest absolute Gasteiger partial charge is 0.240 e. The highest BCUT2D eigenvalue weighted by atomic mass is 16.5. The van der Waals surface area contributed by atoms with E-state index in [0.717, 1.165) is 17.9 Å². The highest BCUT2D eigenvalue weighted by Crippen LogP contribution is 2.21. The normalized spacial score (nSPS) is 11.0. The molecular weight excluding hydrogens is 254 g/mol. The van der Waals surface area contributed by atoms with Crippen LogP contribution in [0.2, 0.25) is 0 Å². The van der Waals surface area contributed by atoms with E-state index < -0.39 is 0 Å². The Labute approximate surface area is 119 Å². The predicted molar refractivity (Wildman–Crippen MR) is 77.4 cm³/mol. The predicted octanol–water partition coefficient (Wildman–Crippen LogP) is 2.88. The maximum Gasteiger partial charge on any atom is 0.240 e. The minimum Gasteiger partial charge on any atom is -0.494 e. The summed E-state index contributed by atoms with van der Waals surface area (Å²) in [4.78, 5) is 4.38. The van der Waals surface area contributed by atoms with Gasteiger partial charge in [0.25, 0.3) is 0 Å². The molecule has 1 aromatic heterocycles. The Hall–Kier alpha value is -1.88. The minimum absolute atomic E-state index is 0.591. The number of nitrogens with one attached hydrogen (secondary N) is 1. The second-order valence-corrected chi connectivity index (χ2v) is 5.00. The van der Waals surface area contributed by atoms with Gasteiger partial charge in [-0.25, -0.2) is 0 Å². The molecule has 0 atom stereocenters. The fraction of sp³-hybridized carbons (Fsp3) is 0.467. The van der Waals surface area contributed by atoms with Gasteiger partial charge in [-0.15, -0.1) is 0 Å². The van der Waals surface area contributed by atoms with Crippen molar-refractivity contribution in [1.29, 1.82) is 0 Å². The molecule has 0 aliphatic heterocycles. The molecule has 0 saturated carbocycles. The van der Waals surface area contributed by atoms with Crippen LogP contribution in [0.4, 0.5) is 0 Å². The lowest BCUT2D eigenvalue weighted by atomic mass is 10.2. The van der Waals surface area contributed by atoms with Crippen LogP contribution in [0.5, 0.6) is 5.75 Å². The molecule has 1 heterocycles. The number of hydrogen-bond donors (Lipinski definition) is 1. The Morgan fingerprint density at radius 1 is 1.35 bits per heavy atom. The first-order valence-corrected chi connectivity index (χ1v) is 6.95. The summed E-state index contributed by atoms with van der Waals surface area (Å²) in [6.07, 6.45) is 0. The van der Waals surface area contributed by atoms with Gasteiger partial charge in [-0.1, -0.05) is 31.1 Å². The van der Waals surface area contributed by atoms with E-state index in [9.17, 15) is 0 Å². The maximum atomic E-state index is 5.47. The molecule has 0 unspecified atom stereocenters. The van der Waals surface area contributed by atoms with Crippen molar-refractivity contribution in [2.24, 2.45) is 5.92 Å². The van der Waals surface area contributed by atoms with Gasteiger partial charge in [-0.2, -0.15) is 4.98 Å². The first kappa shape index (κ1) is 14.5. The fourth-order valence-corrected chi connectivity index (χ4v) is 1.80. The molecule has 5 heteroatoms. The van der Waals surface area contributed by atoms with Gasteiger partial charge in [-0.3, -0.25) is 0 Å². The van der Waals surface area contributed by atoms with Crippen LogP contribution in [-0.2, 0) is 6.54 Å².